The molecule has 2 aliphatic rings. The van der Waals surface area contributed by atoms with Gasteiger partial charge in [-0.2, -0.15) is 0 Å². The lowest BCUT2D eigenvalue weighted by atomic mass is 10.0. The van der Waals surface area contributed by atoms with Gasteiger partial charge in [0.25, 0.3) is 0 Å². The molecule has 2 fully saturated rings. The molecule has 2 aliphatic heterocycles. The van der Waals surface area contributed by atoms with Gasteiger partial charge in [-0.1, -0.05) is 0 Å². The Morgan fingerprint density at radius 3 is 2.58 bits per heavy atom. The first kappa shape index (κ1) is 8.48. The molecule has 70 valence electrons. The van der Waals surface area contributed by atoms with E-state index in [-0.39, 0.29) is 0 Å². The van der Waals surface area contributed by atoms with Crippen molar-refractivity contribution in [3.8, 4) is 0 Å². The van der Waals surface area contributed by atoms with Crippen LogP contribution in [0.15, 0.2) is 0 Å². The molecule has 0 unspecified atom stereocenters. The van der Waals surface area contributed by atoms with Gasteiger partial charge < -0.3 is 15.5 Å². The molecule has 0 bridgehead atoms. The van der Waals surface area contributed by atoms with E-state index in [0.717, 1.165) is 12.5 Å². The third-order valence-corrected chi connectivity index (χ3v) is 2.96. The Kier molecular flexibility index (Phi) is 2.35. The van der Waals surface area contributed by atoms with Crippen molar-refractivity contribution < 1.29 is 0 Å². The lowest BCUT2D eigenvalue weighted by Gasteiger charge is -2.38. The number of hydrogen-bond donors (Lipinski definition) is 1. The van der Waals surface area contributed by atoms with Crippen molar-refractivity contribution in [3.63, 3.8) is 0 Å². The molecule has 0 spiro atoms. The predicted molar refractivity (Wildman–Crippen MR) is 50.0 cm³/mol. The summed E-state index contributed by atoms with van der Waals surface area (Å²) in [4.78, 5) is 4.89. The molecular formula is C9H19N3. The van der Waals surface area contributed by atoms with E-state index in [1.54, 1.807) is 0 Å². The largest absolute Gasteiger partial charge is 0.326 e. The lowest BCUT2D eigenvalue weighted by Crippen LogP contribution is -2.49. The molecule has 0 radical (unpaired) electrons. The zero-order valence-corrected chi connectivity index (χ0v) is 7.87. The van der Waals surface area contributed by atoms with E-state index in [1.807, 2.05) is 0 Å². The van der Waals surface area contributed by atoms with E-state index in [2.05, 4.69) is 16.8 Å². The summed E-state index contributed by atoms with van der Waals surface area (Å²) in [5.74, 6) is 0.917. The Hall–Kier alpha value is -0.120. The third-order valence-electron chi connectivity index (χ3n) is 2.96. The second-order valence-electron chi connectivity index (χ2n) is 4.40. The van der Waals surface area contributed by atoms with Gasteiger partial charge >= 0.3 is 0 Å². The van der Waals surface area contributed by atoms with Gasteiger partial charge in [-0.25, -0.2) is 0 Å². The van der Waals surface area contributed by atoms with Crippen LogP contribution in [0.25, 0.3) is 0 Å². The van der Waals surface area contributed by atoms with E-state index in [4.69, 9.17) is 5.73 Å². The van der Waals surface area contributed by atoms with Crippen molar-refractivity contribution in [2.45, 2.75) is 12.5 Å². The van der Waals surface area contributed by atoms with E-state index in [0.29, 0.717) is 6.04 Å². The minimum absolute atomic E-state index is 0.447. The summed E-state index contributed by atoms with van der Waals surface area (Å²) >= 11 is 0. The Balaban J connectivity index is 1.67. The minimum Gasteiger partial charge on any atom is -0.326 e. The Morgan fingerprint density at radius 1 is 1.33 bits per heavy atom. The predicted octanol–water partition coefficient (Wildman–Crippen LogP) is -0.419. The fourth-order valence-electron chi connectivity index (χ4n) is 2.34. The van der Waals surface area contributed by atoms with Crippen molar-refractivity contribution >= 4 is 0 Å². The topological polar surface area (TPSA) is 32.5 Å². The summed E-state index contributed by atoms with van der Waals surface area (Å²) in [5.41, 5.74) is 5.84. The van der Waals surface area contributed by atoms with Gasteiger partial charge in [-0.05, 0) is 25.9 Å². The molecule has 2 saturated heterocycles. The van der Waals surface area contributed by atoms with Crippen molar-refractivity contribution in [2.24, 2.45) is 11.7 Å². The molecule has 0 aromatic rings. The molecular weight excluding hydrogens is 150 g/mol. The minimum atomic E-state index is 0.447. The van der Waals surface area contributed by atoms with Crippen molar-refractivity contribution in [3.05, 3.63) is 0 Å². The third kappa shape index (κ3) is 1.79. The highest BCUT2D eigenvalue weighted by molar-refractivity contribution is 4.84. The number of likely N-dealkylation sites (tertiary alicyclic amines) is 2. The summed E-state index contributed by atoms with van der Waals surface area (Å²) in [7, 11) is 2.19. The van der Waals surface area contributed by atoms with E-state index >= 15 is 0 Å². The smallest absolute Gasteiger partial charge is 0.0180 e. The van der Waals surface area contributed by atoms with Crippen LogP contribution in [-0.2, 0) is 0 Å². The molecule has 2 rings (SSSR count). The molecule has 0 aromatic carbocycles. The van der Waals surface area contributed by atoms with Crippen LogP contribution in [0.5, 0.6) is 0 Å². The van der Waals surface area contributed by atoms with Gasteiger partial charge in [0.1, 0.15) is 0 Å². The first-order chi connectivity index (χ1) is 5.74. The van der Waals surface area contributed by atoms with Crippen molar-refractivity contribution in [2.75, 3.05) is 39.8 Å². The average Bonchev–Trinajstić information content (AvgIpc) is 2.33. The summed E-state index contributed by atoms with van der Waals surface area (Å²) in [5, 5.41) is 0. The van der Waals surface area contributed by atoms with Crippen LogP contribution >= 0.6 is 0 Å². The van der Waals surface area contributed by atoms with Crippen LogP contribution in [0.1, 0.15) is 6.42 Å². The van der Waals surface area contributed by atoms with Gasteiger partial charge in [0.2, 0.25) is 0 Å². The van der Waals surface area contributed by atoms with Gasteiger partial charge in [0, 0.05) is 32.2 Å². The van der Waals surface area contributed by atoms with Crippen LogP contribution in [0.3, 0.4) is 0 Å². The van der Waals surface area contributed by atoms with Crippen LogP contribution in [0.2, 0.25) is 0 Å². The van der Waals surface area contributed by atoms with Crippen molar-refractivity contribution in [1.82, 2.24) is 9.80 Å². The van der Waals surface area contributed by atoms with Crippen LogP contribution < -0.4 is 5.73 Å². The van der Waals surface area contributed by atoms with E-state index in [1.165, 1.54) is 32.6 Å². The quantitative estimate of drug-likeness (QED) is 0.609. The zero-order valence-electron chi connectivity index (χ0n) is 7.87. The highest BCUT2D eigenvalue weighted by atomic mass is 15.2. The SMILES string of the molecule is CN1CC(CN2CC[C@@H](N)C2)C1. The van der Waals surface area contributed by atoms with Gasteiger partial charge in [0.05, 0.1) is 0 Å². The monoisotopic (exact) mass is 169 g/mol. The van der Waals surface area contributed by atoms with E-state index in [9.17, 15) is 0 Å². The molecule has 3 heteroatoms. The molecule has 0 saturated carbocycles. The number of hydrogen-bond acceptors (Lipinski definition) is 3. The first-order valence-electron chi connectivity index (χ1n) is 4.90. The number of rotatable bonds is 2. The maximum Gasteiger partial charge on any atom is 0.0180 e. The summed E-state index contributed by atoms with van der Waals surface area (Å²) in [6.45, 7) is 6.19. The molecule has 0 aromatic heterocycles. The normalized spacial score (nSPS) is 34.0. The molecule has 2 heterocycles. The average molecular weight is 169 g/mol. The van der Waals surface area contributed by atoms with Crippen LogP contribution in [0, 0.1) is 5.92 Å². The Bertz CT molecular complexity index is 154. The highest BCUT2D eigenvalue weighted by Crippen LogP contribution is 2.16. The fourth-order valence-corrected chi connectivity index (χ4v) is 2.34. The van der Waals surface area contributed by atoms with E-state index < -0.39 is 0 Å². The maximum absolute atomic E-state index is 5.84. The number of nitrogens with two attached hydrogens (primary N) is 1. The highest BCUT2D eigenvalue weighted by Gasteiger charge is 2.27. The number of nitrogens with zero attached hydrogens (tertiary/aromatic N) is 2. The molecule has 12 heavy (non-hydrogen) atoms. The summed E-state index contributed by atoms with van der Waals surface area (Å²) < 4.78 is 0. The second-order valence-corrected chi connectivity index (χ2v) is 4.40. The molecule has 3 nitrogen and oxygen atoms in total. The first-order valence-corrected chi connectivity index (χ1v) is 4.90. The van der Waals surface area contributed by atoms with Crippen molar-refractivity contribution in [1.29, 1.82) is 0 Å². The van der Waals surface area contributed by atoms with Crippen LogP contribution in [0.4, 0.5) is 0 Å². The standard InChI is InChI=1S/C9H19N3/c1-11-4-8(5-11)6-12-3-2-9(10)7-12/h8-9H,2-7,10H2,1H3/t9-/m1/s1. The maximum atomic E-state index is 5.84. The van der Waals surface area contributed by atoms with Gasteiger partial charge in [0.15, 0.2) is 0 Å². The zero-order chi connectivity index (χ0) is 8.55. The van der Waals surface area contributed by atoms with Gasteiger partial charge in [-0.15, -0.1) is 0 Å². The lowest BCUT2D eigenvalue weighted by molar-refractivity contribution is 0.0992. The summed E-state index contributed by atoms with van der Waals surface area (Å²) in [6.07, 6.45) is 1.20. The molecule has 0 amide bonds. The molecule has 2 N–H and O–H groups in total. The fraction of sp³-hybridized carbons (Fsp3) is 1.00. The summed E-state index contributed by atoms with van der Waals surface area (Å²) in [6, 6.07) is 0.447. The Labute approximate surface area is 74.5 Å². The Morgan fingerprint density at radius 2 is 2.08 bits per heavy atom. The molecule has 0 aliphatic carbocycles. The molecule has 1 atom stereocenters. The second kappa shape index (κ2) is 3.32. The van der Waals surface area contributed by atoms with Gasteiger partial charge in [-0.3, -0.25) is 0 Å². The van der Waals surface area contributed by atoms with Crippen LogP contribution in [-0.4, -0.2) is 55.6 Å².